The number of benzene rings is 2. The number of nitrogens with zero attached hydrogens (tertiary/aromatic N) is 3. The third-order valence-corrected chi connectivity index (χ3v) is 8.78. The first-order valence-electron chi connectivity index (χ1n) is 13.7. The van der Waals surface area contributed by atoms with Crippen LogP contribution in [0.15, 0.2) is 42.6 Å². The van der Waals surface area contributed by atoms with Gasteiger partial charge in [0.2, 0.25) is 5.88 Å². The van der Waals surface area contributed by atoms with E-state index < -0.39 is 5.97 Å². The van der Waals surface area contributed by atoms with Crippen molar-refractivity contribution in [2.45, 2.75) is 77.4 Å². The lowest BCUT2D eigenvalue weighted by atomic mass is 9.81. The van der Waals surface area contributed by atoms with Gasteiger partial charge in [-0.3, -0.25) is 0 Å². The van der Waals surface area contributed by atoms with E-state index in [0.717, 1.165) is 35.9 Å². The molecule has 0 atom stereocenters. The number of aryl methyl sites for hydroxylation is 2. The molecule has 4 heterocycles. The minimum Gasteiger partial charge on any atom is -0.493 e. The Morgan fingerprint density at radius 2 is 1.70 bits per heavy atom. The van der Waals surface area contributed by atoms with Crippen molar-refractivity contribution >= 4 is 38.7 Å². The Hall–Kier alpha value is -3.67. The minimum absolute atomic E-state index is 0.177. The summed E-state index contributed by atoms with van der Waals surface area (Å²) in [5.41, 5.74) is 7.30. The predicted octanol–water partition coefficient (Wildman–Crippen LogP) is 7.65. The largest absolute Gasteiger partial charge is 0.493 e. The molecule has 3 aromatic heterocycles. The molecule has 6 heteroatoms. The summed E-state index contributed by atoms with van der Waals surface area (Å²) in [7, 11) is 0. The molecular formula is C31H33N3O3. The van der Waals surface area contributed by atoms with E-state index in [9.17, 15) is 15.0 Å². The first-order chi connectivity index (χ1) is 18.0. The van der Waals surface area contributed by atoms with Gasteiger partial charge in [0.05, 0.1) is 16.8 Å². The molecule has 0 amide bonds. The molecule has 1 fully saturated rings. The van der Waals surface area contributed by atoms with Crippen LogP contribution in [-0.4, -0.2) is 29.9 Å². The van der Waals surface area contributed by atoms with Crippen molar-refractivity contribution in [3.63, 3.8) is 0 Å². The van der Waals surface area contributed by atoms with Crippen molar-refractivity contribution in [2.75, 3.05) is 0 Å². The van der Waals surface area contributed by atoms with E-state index in [2.05, 4.69) is 47.4 Å². The molecule has 7 rings (SSSR count). The van der Waals surface area contributed by atoms with E-state index in [1.807, 2.05) is 16.7 Å². The minimum atomic E-state index is -0.883. The number of carbonyl (C=O) groups is 1. The van der Waals surface area contributed by atoms with Crippen LogP contribution in [0.1, 0.15) is 80.3 Å². The number of hydrogen-bond donors (Lipinski definition) is 2. The zero-order valence-corrected chi connectivity index (χ0v) is 21.5. The number of para-hydroxylation sites is 1. The second-order valence-corrected chi connectivity index (χ2v) is 11.2. The fourth-order valence-electron chi connectivity index (χ4n) is 7.16. The Balaban J connectivity index is 1.60. The quantitative estimate of drug-likeness (QED) is 0.270. The lowest BCUT2D eigenvalue weighted by molar-refractivity contribution is 0.0697. The molecule has 2 aromatic carbocycles. The highest BCUT2D eigenvalue weighted by molar-refractivity contribution is 6.15. The van der Waals surface area contributed by atoms with Gasteiger partial charge in [-0.2, -0.15) is 0 Å². The van der Waals surface area contributed by atoms with Gasteiger partial charge in [0, 0.05) is 52.6 Å². The number of aromatic hydroxyl groups is 1. The second-order valence-electron chi connectivity index (χ2n) is 11.2. The Bertz CT molecular complexity index is 1710. The molecule has 1 saturated carbocycles. The van der Waals surface area contributed by atoms with Crippen LogP contribution >= 0.6 is 0 Å². The van der Waals surface area contributed by atoms with Gasteiger partial charge in [0.1, 0.15) is 5.52 Å². The van der Waals surface area contributed by atoms with E-state index in [0.29, 0.717) is 17.4 Å². The van der Waals surface area contributed by atoms with Crippen LogP contribution in [0.2, 0.25) is 0 Å². The molecule has 6 nitrogen and oxygen atoms in total. The average Bonchev–Trinajstić information content (AvgIpc) is 3.51. The number of carboxylic acid groups (broad SMARTS) is 1. The summed E-state index contributed by atoms with van der Waals surface area (Å²) in [6.07, 6.45) is 9.11. The molecule has 1 aliphatic carbocycles. The number of carboxylic acids is 1. The van der Waals surface area contributed by atoms with Gasteiger partial charge in [0.15, 0.2) is 0 Å². The molecule has 2 N–H and O–H groups in total. The highest BCUT2D eigenvalue weighted by atomic mass is 16.4. The van der Waals surface area contributed by atoms with Crippen LogP contribution < -0.4 is 0 Å². The van der Waals surface area contributed by atoms with Crippen LogP contribution in [0.5, 0.6) is 5.88 Å². The molecule has 37 heavy (non-hydrogen) atoms. The summed E-state index contributed by atoms with van der Waals surface area (Å²) in [4.78, 5) is 11.9. The molecule has 0 unspecified atom stereocenters. The molecule has 0 bridgehead atoms. The van der Waals surface area contributed by atoms with Crippen molar-refractivity contribution in [1.82, 2.24) is 13.7 Å². The van der Waals surface area contributed by atoms with Gasteiger partial charge in [-0.1, -0.05) is 43.5 Å². The molecule has 0 saturated heterocycles. The summed E-state index contributed by atoms with van der Waals surface area (Å²) in [6, 6.07) is 12.4. The van der Waals surface area contributed by atoms with Gasteiger partial charge >= 0.3 is 5.97 Å². The summed E-state index contributed by atoms with van der Waals surface area (Å²) in [6.45, 7) is 5.80. The second kappa shape index (κ2) is 8.17. The number of aromatic carboxylic acids is 1. The first-order valence-corrected chi connectivity index (χ1v) is 13.7. The zero-order chi connectivity index (χ0) is 25.4. The predicted molar refractivity (Wildman–Crippen MR) is 148 cm³/mol. The van der Waals surface area contributed by atoms with Crippen molar-refractivity contribution in [2.24, 2.45) is 0 Å². The maximum atomic E-state index is 11.9. The van der Waals surface area contributed by atoms with Crippen molar-refractivity contribution in [3.05, 3.63) is 53.7 Å². The van der Waals surface area contributed by atoms with Gasteiger partial charge in [0.25, 0.3) is 0 Å². The normalized spacial score (nSPS) is 16.5. The SMILES string of the molecule is CC(C)n1cc2c3cccc4c3n(c2c1O)CCCn1c-4c(C2CCCCC2)c2ccc(C(=O)O)cc21. The molecule has 190 valence electrons. The van der Waals surface area contributed by atoms with E-state index in [1.54, 1.807) is 6.07 Å². The number of fused-ring (bicyclic) bond motifs is 7. The van der Waals surface area contributed by atoms with Gasteiger partial charge in [-0.15, -0.1) is 0 Å². The van der Waals surface area contributed by atoms with Crippen molar-refractivity contribution in [1.29, 1.82) is 0 Å². The Morgan fingerprint density at radius 1 is 0.919 bits per heavy atom. The number of rotatable bonds is 3. The van der Waals surface area contributed by atoms with E-state index in [4.69, 9.17) is 0 Å². The van der Waals surface area contributed by atoms with Crippen LogP contribution in [0, 0.1) is 0 Å². The fraction of sp³-hybridized carbons (Fsp3) is 0.387. The summed E-state index contributed by atoms with van der Waals surface area (Å²) in [5, 5.41) is 24.5. The highest BCUT2D eigenvalue weighted by Gasteiger charge is 2.30. The van der Waals surface area contributed by atoms with Crippen molar-refractivity contribution < 1.29 is 15.0 Å². The van der Waals surface area contributed by atoms with Crippen molar-refractivity contribution in [3.8, 4) is 17.1 Å². The van der Waals surface area contributed by atoms with Gasteiger partial charge in [-0.05, 0) is 56.7 Å². The summed E-state index contributed by atoms with van der Waals surface area (Å²) < 4.78 is 6.70. The van der Waals surface area contributed by atoms with Crippen LogP contribution in [0.3, 0.4) is 0 Å². The zero-order valence-electron chi connectivity index (χ0n) is 21.5. The Kier molecular flexibility index (Phi) is 4.97. The summed E-state index contributed by atoms with van der Waals surface area (Å²) in [5.74, 6) is -0.0749. The van der Waals surface area contributed by atoms with E-state index in [1.165, 1.54) is 65.2 Å². The molecule has 0 radical (unpaired) electrons. The topological polar surface area (TPSA) is 72.3 Å². The first kappa shape index (κ1) is 22.5. The van der Waals surface area contributed by atoms with E-state index >= 15 is 0 Å². The third-order valence-electron chi connectivity index (χ3n) is 8.78. The maximum absolute atomic E-state index is 11.9. The van der Waals surface area contributed by atoms with E-state index in [-0.39, 0.29) is 6.04 Å². The molecule has 0 spiro atoms. The lowest BCUT2D eigenvalue weighted by Gasteiger charge is -2.25. The van der Waals surface area contributed by atoms with Crippen LogP contribution in [0.25, 0.3) is 44.0 Å². The lowest BCUT2D eigenvalue weighted by Crippen LogP contribution is -2.12. The average molecular weight is 496 g/mol. The third kappa shape index (κ3) is 3.14. The molecule has 5 aromatic rings. The monoisotopic (exact) mass is 495 g/mol. The Morgan fingerprint density at radius 3 is 2.46 bits per heavy atom. The fourth-order valence-corrected chi connectivity index (χ4v) is 7.16. The number of aromatic nitrogens is 3. The standard InChI is InChI=1S/C31H33N3O3/c1-18(2)34-17-24-21-10-6-11-23-27(21)33(29(24)30(34)35)15-7-14-32-25-16-20(31(36)37)12-13-22(25)26(28(23)32)19-8-4-3-5-9-19/h6,10-13,16-19,35H,3-5,7-9,14-15H2,1-2H3,(H,36,37). The summed E-state index contributed by atoms with van der Waals surface area (Å²) >= 11 is 0. The molecule has 1 aliphatic heterocycles. The Labute approximate surface area is 215 Å². The number of hydrogen-bond acceptors (Lipinski definition) is 2. The molecule has 2 aliphatic rings. The smallest absolute Gasteiger partial charge is 0.335 e. The van der Waals surface area contributed by atoms with Gasteiger partial charge < -0.3 is 23.9 Å². The highest BCUT2D eigenvalue weighted by Crippen LogP contribution is 2.48. The van der Waals surface area contributed by atoms with Crippen LogP contribution in [-0.2, 0) is 13.1 Å². The molecular weight excluding hydrogens is 462 g/mol. The maximum Gasteiger partial charge on any atom is 0.335 e. The van der Waals surface area contributed by atoms with Gasteiger partial charge in [-0.25, -0.2) is 4.79 Å². The van der Waals surface area contributed by atoms with Crippen LogP contribution in [0.4, 0.5) is 0 Å².